The highest BCUT2D eigenvalue weighted by molar-refractivity contribution is 5.78. The van der Waals surface area contributed by atoms with Gasteiger partial charge in [0.15, 0.2) is 5.65 Å². The molecule has 1 aromatic carbocycles. The fourth-order valence-corrected chi connectivity index (χ4v) is 3.25. The molecule has 1 amide bonds. The minimum atomic E-state index is -0.248. The molecule has 0 aliphatic heterocycles. The van der Waals surface area contributed by atoms with Crippen molar-refractivity contribution in [3.8, 4) is 0 Å². The molecular formula is C19H20N6O2. The highest BCUT2D eigenvalue weighted by atomic mass is 16.2. The van der Waals surface area contributed by atoms with Crippen LogP contribution in [0.3, 0.4) is 0 Å². The lowest BCUT2D eigenvalue weighted by molar-refractivity contribution is -0.122. The third-order valence-corrected chi connectivity index (χ3v) is 4.63. The van der Waals surface area contributed by atoms with Crippen molar-refractivity contribution in [3.05, 3.63) is 65.0 Å². The number of nitrogens with one attached hydrogen (secondary N) is 1. The number of aromatic nitrogens is 5. The minimum absolute atomic E-state index is 0.154. The summed E-state index contributed by atoms with van der Waals surface area (Å²) in [6.07, 6.45) is 1.83. The molecule has 138 valence electrons. The van der Waals surface area contributed by atoms with Gasteiger partial charge in [-0.05, 0) is 31.2 Å². The first-order chi connectivity index (χ1) is 13.0. The number of hydrogen-bond donors (Lipinski definition) is 1. The summed E-state index contributed by atoms with van der Waals surface area (Å²) >= 11 is 0. The number of aryl methyl sites for hydroxylation is 2. The molecule has 1 unspecified atom stereocenters. The number of carbonyl (C=O) groups excluding carboxylic acids is 1. The van der Waals surface area contributed by atoms with E-state index in [9.17, 15) is 9.59 Å². The molecule has 0 saturated carbocycles. The van der Waals surface area contributed by atoms with Gasteiger partial charge in [-0.15, -0.1) is 5.10 Å². The van der Waals surface area contributed by atoms with E-state index in [2.05, 4.69) is 15.4 Å². The second-order valence-electron chi connectivity index (χ2n) is 6.49. The standard InChI is InChI=1S/C19H20N6O2/c1-13(18-21-14-7-3-4-8-15(14)23(18)2)20-17(26)10-12-25-19(27)24-11-6-5-9-16(24)22-25/h3-9,11,13H,10,12H2,1-2H3,(H,20,26). The lowest BCUT2D eigenvalue weighted by Gasteiger charge is -2.13. The summed E-state index contributed by atoms with van der Waals surface area (Å²) in [6, 6.07) is 12.9. The number of imidazole rings is 1. The summed E-state index contributed by atoms with van der Waals surface area (Å²) in [4.78, 5) is 29.2. The second-order valence-corrected chi connectivity index (χ2v) is 6.49. The zero-order chi connectivity index (χ0) is 19.0. The first kappa shape index (κ1) is 17.0. The molecule has 8 heteroatoms. The van der Waals surface area contributed by atoms with Gasteiger partial charge < -0.3 is 9.88 Å². The Morgan fingerprint density at radius 1 is 1.19 bits per heavy atom. The molecule has 4 aromatic rings. The van der Waals surface area contributed by atoms with Crippen molar-refractivity contribution in [1.82, 2.24) is 29.0 Å². The van der Waals surface area contributed by atoms with E-state index in [1.807, 2.05) is 48.9 Å². The van der Waals surface area contributed by atoms with E-state index in [0.717, 1.165) is 16.9 Å². The molecule has 3 heterocycles. The Morgan fingerprint density at radius 2 is 1.96 bits per heavy atom. The maximum Gasteiger partial charge on any atom is 0.350 e. The molecule has 1 N–H and O–H groups in total. The number of hydrogen-bond acceptors (Lipinski definition) is 4. The fraction of sp³-hybridized carbons (Fsp3) is 0.263. The third-order valence-electron chi connectivity index (χ3n) is 4.63. The van der Waals surface area contributed by atoms with Gasteiger partial charge in [-0.2, -0.15) is 0 Å². The summed E-state index contributed by atoms with van der Waals surface area (Å²) in [6.45, 7) is 2.12. The topological polar surface area (TPSA) is 86.2 Å². The van der Waals surface area contributed by atoms with Crippen molar-refractivity contribution >= 4 is 22.6 Å². The summed E-state index contributed by atoms with van der Waals surface area (Å²) in [5.41, 5.74) is 2.23. The molecule has 8 nitrogen and oxygen atoms in total. The van der Waals surface area contributed by atoms with Gasteiger partial charge in [-0.1, -0.05) is 18.2 Å². The van der Waals surface area contributed by atoms with E-state index in [4.69, 9.17) is 0 Å². The number of nitrogens with zero attached hydrogens (tertiary/aromatic N) is 5. The Morgan fingerprint density at radius 3 is 2.74 bits per heavy atom. The number of fused-ring (bicyclic) bond motifs is 2. The number of amides is 1. The van der Waals surface area contributed by atoms with Crippen LogP contribution in [0.5, 0.6) is 0 Å². The molecular weight excluding hydrogens is 344 g/mol. The molecule has 1 atom stereocenters. The number of rotatable bonds is 5. The SMILES string of the molecule is CC(NC(=O)CCn1nc2ccccn2c1=O)c1nc2ccccc2n1C. The maximum atomic E-state index is 12.4. The van der Waals surface area contributed by atoms with Crippen molar-refractivity contribution in [1.29, 1.82) is 0 Å². The highest BCUT2D eigenvalue weighted by Crippen LogP contribution is 2.19. The molecule has 0 spiro atoms. The molecule has 0 fully saturated rings. The van der Waals surface area contributed by atoms with Gasteiger partial charge in [0.25, 0.3) is 0 Å². The van der Waals surface area contributed by atoms with Crippen LogP contribution in [-0.4, -0.2) is 29.6 Å². The lowest BCUT2D eigenvalue weighted by atomic mass is 10.3. The normalized spacial score (nSPS) is 12.5. The van der Waals surface area contributed by atoms with E-state index >= 15 is 0 Å². The Bertz CT molecular complexity index is 1190. The van der Waals surface area contributed by atoms with Crippen LogP contribution in [0.2, 0.25) is 0 Å². The Hall–Kier alpha value is -3.42. The van der Waals surface area contributed by atoms with E-state index in [0.29, 0.717) is 5.65 Å². The first-order valence-electron chi connectivity index (χ1n) is 8.79. The van der Waals surface area contributed by atoms with Gasteiger partial charge in [0.05, 0.1) is 23.6 Å². The molecule has 0 aliphatic carbocycles. The predicted molar refractivity (Wildman–Crippen MR) is 101 cm³/mol. The van der Waals surface area contributed by atoms with E-state index in [-0.39, 0.29) is 30.6 Å². The van der Waals surface area contributed by atoms with Crippen molar-refractivity contribution < 1.29 is 4.79 Å². The van der Waals surface area contributed by atoms with Crippen molar-refractivity contribution in [2.24, 2.45) is 7.05 Å². The highest BCUT2D eigenvalue weighted by Gasteiger charge is 2.17. The van der Waals surface area contributed by atoms with Gasteiger partial charge in [-0.25, -0.2) is 14.5 Å². The van der Waals surface area contributed by atoms with E-state index < -0.39 is 0 Å². The zero-order valence-corrected chi connectivity index (χ0v) is 15.2. The molecule has 4 rings (SSSR count). The van der Waals surface area contributed by atoms with Gasteiger partial charge in [-0.3, -0.25) is 9.20 Å². The number of carbonyl (C=O) groups is 1. The summed E-state index contributed by atoms with van der Waals surface area (Å²) < 4.78 is 4.75. The van der Waals surface area contributed by atoms with Gasteiger partial charge in [0.1, 0.15) is 5.82 Å². The van der Waals surface area contributed by atoms with Crippen LogP contribution >= 0.6 is 0 Å². The van der Waals surface area contributed by atoms with Gasteiger partial charge in [0, 0.05) is 19.7 Å². The van der Waals surface area contributed by atoms with E-state index in [1.54, 1.807) is 18.3 Å². The first-order valence-corrected chi connectivity index (χ1v) is 8.79. The second kappa shape index (κ2) is 6.71. The molecule has 0 saturated heterocycles. The molecule has 27 heavy (non-hydrogen) atoms. The Labute approximate surface area is 155 Å². The van der Waals surface area contributed by atoms with Crippen LogP contribution in [0, 0.1) is 0 Å². The van der Waals surface area contributed by atoms with Crippen LogP contribution in [0.25, 0.3) is 16.7 Å². The summed E-state index contributed by atoms with van der Waals surface area (Å²) in [5.74, 6) is 0.632. The van der Waals surface area contributed by atoms with Crippen LogP contribution in [0.4, 0.5) is 0 Å². The maximum absolute atomic E-state index is 12.4. The van der Waals surface area contributed by atoms with Crippen LogP contribution < -0.4 is 11.0 Å². The quantitative estimate of drug-likeness (QED) is 0.583. The average molecular weight is 364 g/mol. The van der Waals surface area contributed by atoms with E-state index in [1.165, 1.54) is 9.08 Å². The van der Waals surface area contributed by atoms with Gasteiger partial charge >= 0.3 is 5.69 Å². The van der Waals surface area contributed by atoms with Gasteiger partial charge in [0.2, 0.25) is 5.91 Å². The lowest BCUT2D eigenvalue weighted by Crippen LogP contribution is -2.30. The van der Waals surface area contributed by atoms with Crippen molar-refractivity contribution in [3.63, 3.8) is 0 Å². The summed E-state index contributed by atoms with van der Waals surface area (Å²) in [5, 5.41) is 7.18. The number of pyridine rings is 1. The minimum Gasteiger partial charge on any atom is -0.346 e. The monoisotopic (exact) mass is 364 g/mol. The van der Waals surface area contributed by atoms with Crippen molar-refractivity contribution in [2.45, 2.75) is 25.9 Å². The molecule has 0 radical (unpaired) electrons. The summed E-state index contributed by atoms with van der Waals surface area (Å²) in [7, 11) is 1.93. The predicted octanol–water partition coefficient (Wildman–Crippen LogP) is 1.65. The number of para-hydroxylation sites is 2. The van der Waals surface area contributed by atoms with Crippen LogP contribution in [0.1, 0.15) is 25.2 Å². The van der Waals surface area contributed by atoms with Crippen LogP contribution in [-0.2, 0) is 18.4 Å². The zero-order valence-electron chi connectivity index (χ0n) is 15.2. The molecule has 3 aromatic heterocycles. The smallest absolute Gasteiger partial charge is 0.346 e. The van der Waals surface area contributed by atoms with Crippen LogP contribution in [0.15, 0.2) is 53.5 Å². The largest absolute Gasteiger partial charge is 0.350 e. The fourth-order valence-electron chi connectivity index (χ4n) is 3.25. The Kier molecular flexibility index (Phi) is 4.23. The Balaban J connectivity index is 1.44. The average Bonchev–Trinajstić information content (AvgIpc) is 3.18. The molecule has 0 aliphatic rings. The number of benzene rings is 1. The van der Waals surface area contributed by atoms with Crippen molar-refractivity contribution in [2.75, 3.05) is 0 Å². The molecule has 0 bridgehead atoms. The third kappa shape index (κ3) is 3.10.